The van der Waals surface area contributed by atoms with Crippen molar-refractivity contribution in [3.05, 3.63) is 41.3 Å². The van der Waals surface area contributed by atoms with Crippen LogP contribution >= 0.6 is 11.3 Å². The summed E-state index contributed by atoms with van der Waals surface area (Å²) in [6.45, 7) is 0. The van der Waals surface area contributed by atoms with Gasteiger partial charge in [0.05, 0.1) is 4.88 Å². The van der Waals surface area contributed by atoms with Gasteiger partial charge in [-0.1, -0.05) is 0 Å². The molecule has 3 rings (SSSR count). The van der Waals surface area contributed by atoms with Gasteiger partial charge in [-0.25, -0.2) is 0 Å². The number of carbonyl (C=O) groups excluding carboxylic acids is 1. The minimum Gasteiger partial charge on any atom is -0.406 e. The van der Waals surface area contributed by atoms with Gasteiger partial charge in [0, 0.05) is 17.0 Å². The molecule has 0 unspecified atom stereocenters. The molecule has 0 aliphatic heterocycles. The lowest BCUT2D eigenvalue weighted by molar-refractivity contribution is -0.274. The van der Waals surface area contributed by atoms with Crippen molar-refractivity contribution >= 4 is 17.2 Å². The molecule has 4 nitrogen and oxygen atoms in total. The number of alkyl halides is 3. The minimum absolute atomic E-state index is 0.126. The van der Waals surface area contributed by atoms with Crippen molar-refractivity contribution < 1.29 is 22.7 Å². The lowest BCUT2D eigenvalue weighted by Crippen LogP contribution is -2.40. The van der Waals surface area contributed by atoms with E-state index in [1.807, 2.05) is 0 Å². The zero-order valence-electron chi connectivity index (χ0n) is 13.9. The predicted molar refractivity (Wildman–Crippen MR) is 94.1 cm³/mol. The molecule has 1 amide bonds. The quantitative estimate of drug-likeness (QED) is 0.825. The van der Waals surface area contributed by atoms with E-state index in [4.69, 9.17) is 5.73 Å². The average molecular weight is 384 g/mol. The normalized spacial score (nSPS) is 20.6. The van der Waals surface area contributed by atoms with E-state index in [2.05, 4.69) is 10.1 Å². The molecule has 1 aliphatic rings. The number of hydrogen-bond acceptors (Lipinski definition) is 4. The molecule has 0 saturated heterocycles. The summed E-state index contributed by atoms with van der Waals surface area (Å²) in [4.78, 5) is 13.8. The molecule has 1 aromatic carbocycles. The van der Waals surface area contributed by atoms with Crippen LogP contribution < -0.4 is 15.8 Å². The number of ether oxygens (including phenoxy) is 1. The Kier molecular flexibility index (Phi) is 5.52. The number of nitrogens with two attached hydrogens (primary N) is 1. The summed E-state index contributed by atoms with van der Waals surface area (Å²) in [6.07, 6.45) is -1.13. The molecule has 0 bridgehead atoms. The van der Waals surface area contributed by atoms with Crippen LogP contribution in [0.2, 0.25) is 0 Å². The maximum atomic E-state index is 12.4. The Morgan fingerprint density at radius 2 is 1.73 bits per heavy atom. The molecule has 1 aliphatic carbocycles. The summed E-state index contributed by atoms with van der Waals surface area (Å²) in [6, 6.07) is 9.47. The van der Waals surface area contributed by atoms with Crippen LogP contribution in [0.3, 0.4) is 0 Å². The van der Waals surface area contributed by atoms with Crippen LogP contribution in [-0.2, 0) is 0 Å². The summed E-state index contributed by atoms with van der Waals surface area (Å²) in [5.41, 5.74) is 6.60. The standard InChI is InChI=1S/C18H19F3N2O2S/c19-18(20,21)25-14-7-1-11(2-8-14)15-9-10-16(26-15)17(24)23-13-5-3-12(22)4-6-13/h1-2,7-10,12-13H,3-6,22H2,(H,23,24). The van der Waals surface area contributed by atoms with Gasteiger partial charge >= 0.3 is 6.36 Å². The van der Waals surface area contributed by atoms with Gasteiger partial charge in [-0.15, -0.1) is 24.5 Å². The molecule has 1 heterocycles. The summed E-state index contributed by atoms with van der Waals surface area (Å²) in [7, 11) is 0. The molecule has 1 aromatic heterocycles. The van der Waals surface area contributed by atoms with Gasteiger partial charge in [0.25, 0.3) is 5.91 Å². The zero-order valence-corrected chi connectivity index (χ0v) is 14.7. The Bertz CT molecular complexity index is 751. The first kappa shape index (κ1) is 18.7. The van der Waals surface area contributed by atoms with Crippen LogP contribution in [0, 0.1) is 0 Å². The topological polar surface area (TPSA) is 64.3 Å². The third kappa shape index (κ3) is 4.98. The van der Waals surface area contributed by atoms with E-state index in [9.17, 15) is 18.0 Å². The maximum absolute atomic E-state index is 12.4. The van der Waals surface area contributed by atoms with E-state index in [0.717, 1.165) is 36.1 Å². The fraction of sp³-hybridized carbons (Fsp3) is 0.389. The molecule has 2 aromatic rings. The Hall–Kier alpha value is -2.06. The highest BCUT2D eigenvalue weighted by Crippen LogP contribution is 2.31. The van der Waals surface area contributed by atoms with E-state index in [1.54, 1.807) is 12.1 Å². The van der Waals surface area contributed by atoms with E-state index >= 15 is 0 Å². The first-order valence-electron chi connectivity index (χ1n) is 8.32. The van der Waals surface area contributed by atoms with Crippen LogP contribution in [0.5, 0.6) is 5.75 Å². The lowest BCUT2D eigenvalue weighted by atomic mass is 9.92. The second kappa shape index (κ2) is 7.67. The third-order valence-electron chi connectivity index (χ3n) is 4.31. The Morgan fingerprint density at radius 1 is 1.08 bits per heavy atom. The highest BCUT2D eigenvalue weighted by Gasteiger charge is 2.31. The fourth-order valence-electron chi connectivity index (χ4n) is 2.96. The van der Waals surface area contributed by atoms with Gasteiger partial charge in [0.2, 0.25) is 0 Å². The summed E-state index contributed by atoms with van der Waals surface area (Å²) in [5, 5.41) is 3.03. The highest BCUT2D eigenvalue weighted by atomic mass is 32.1. The Balaban J connectivity index is 1.63. The van der Waals surface area contributed by atoms with Crippen LogP contribution in [0.1, 0.15) is 35.4 Å². The van der Waals surface area contributed by atoms with Gasteiger partial charge in [-0.2, -0.15) is 0 Å². The predicted octanol–water partition coefficient (Wildman–Crippen LogP) is 4.31. The van der Waals surface area contributed by atoms with Crippen molar-refractivity contribution in [3.8, 4) is 16.2 Å². The number of rotatable bonds is 4. The largest absolute Gasteiger partial charge is 0.573 e. The SMILES string of the molecule is NC1CCC(NC(=O)c2ccc(-c3ccc(OC(F)(F)F)cc3)s2)CC1. The van der Waals surface area contributed by atoms with Crippen molar-refractivity contribution in [1.29, 1.82) is 0 Å². The van der Waals surface area contributed by atoms with E-state index in [1.165, 1.54) is 35.6 Å². The van der Waals surface area contributed by atoms with Crippen molar-refractivity contribution in [1.82, 2.24) is 5.32 Å². The van der Waals surface area contributed by atoms with Crippen LogP contribution in [0.15, 0.2) is 36.4 Å². The number of carbonyl (C=O) groups is 1. The molecule has 0 radical (unpaired) electrons. The molecular weight excluding hydrogens is 365 g/mol. The summed E-state index contributed by atoms with van der Waals surface area (Å²) in [5.74, 6) is -0.398. The lowest BCUT2D eigenvalue weighted by Gasteiger charge is -2.26. The van der Waals surface area contributed by atoms with Gasteiger partial charge in [0.15, 0.2) is 0 Å². The number of hydrogen-bond donors (Lipinski definition) is 2. The first-order valence-corrected chi connectivity index (χ1v) is 9.14. The number of benzene rings is 1. The second-order valence-electron chi connectivity index (χ2n) is 6.32. The molecule has 1 saturated carbocycles. The van der Waals surface area contributed by atoms with Crippen LogP contribution in [0.4, 0.5) is 13.2 Å². The first-order chi connectivity index (χ1) is 12.3. The number of amides is 1. The third-order valence-corrected chi connectivity index (χ3v) is 5.44. The van der Waals surface area contributed by atoms with E-state index < -0.39 is 6.36 Å². The van der Waals surface area contributed by atoms with Gasteiger partial charge < -0.3 is 15.8 Å². The monoisotopic (exact) mass is 384 g/mol. The minimum atomic E-state index is -4.71. The van der Waals surface area contributed by atoms with Crippen molar-refractivity contribution in [3.63, 3.8) is 0 Å². The van der Waals surface area contributed by atoms with Gasteiger partial charge in [-0.05, 0) is 67.6 Å². The van der Waals surface area contributed by atoms with Gasteiger partial charge in [-0.3, -0.25) is 4.79 Å². The smallest absolute Gasteiger partial charge is 0.406 e. The average Bonchev–Trinajstić information content (AvgIpc) is 3.06. The molecule has 26 heavy (non-hydrogen) atoms. The second-order valence-corrected chi connectivity index (χ2v) is 7.41. The number of thiophene rings is 1. The number of nitrogens with one attached hydrogen (secondary N) is 1. The van der Waals surface area contributed by atoms with Gasteiger partial charge in [0.1, 0.15) is 5.75 Å². The maximum Gasteiger partial charge on any atom is 0.573 e. The van der Waals surface area contributed by atoms with Crippen molar-refractivity contribution in [2.45, 2.75) is 44.1 Å². The Labute approximate surface area is 153 Å². The molecular formula is C18H19F3N2O2S. The van der Waals surface area contributed by atoms with Crippen LogP contribution in [-0.4, -0.2) is 24.4 Å². The summed E-state index contributed by atoms with van der Waals surface area (Å²) >= 11 is 1.30. The summed E-state index contributed by atoms with van der Waals surface area (Å²) < 4.78 is 40.5. The Morgan fingerprint density at radius 3 is 2.35 bits per heavy atom. The van der Waals surface area contributed by atoms with Crippen molar-refractivity contribution in [2.24, 2.45) is 5.73 Å². The highest BCUT2D eigenvalue weighted by molar-refractivity contribution is 7.17. The molecule has 0 spiro atoms. The zero-order chi connectivity index (χ0) is 18.7. The van der Waals surface area contributed by atoms with E-state index in [0.29, 0.717) is 4.88 Å². The molecule has 1 fully saturated rings. The molecule has 0 atom stereocenters. The van der Waals surface area contributed by atoms with E-state index in [-0.39, 0.29) is 23.7 Å². The fourth-order valence-corrected chi connectivity index (χ4v) is 3.87. The molecule has 8 heteroatoms. The van der Waals surface area contributed by atoms with Crippen LogP contribution in [0.25, 0.3) is 10.4 Å². The molecule has 3 N–H and O–H groups in total. The number of halogens is 3. The molecule has 140 valence electrons. The van der Waals surface area contributed by atoms with Crippen molar-refractivity contribution in [2.75, 3.05) is 0 Å².